The number of para-hydroxylation sites is 1. The number of aromatic nitrogens is 2. The molecule has 4 aromatic carbocycles. The van der Waals surface area contributed by atoms with E-state index in [1.165, 1.54) is 17.0 Å². The number of allylic oxidation sites excluding steroid dienone is 2. The van der Waals surface area contributed by atoms with Gasteiger partial charge in [-0.3, -0.25) is 9.78 Å². The number of hydrogen-bond acceptors (Lipinski definition) is 5. The minimum atomic E-state index is -0.337. The van der Waals surface area contributed by atoms with Gasteiger partial charge in [0.1, 0.15) is 17.7 Å². The first-order valence-corrected chi connectivity index (χ1v) is 16.0. The van der Waals surface area contributed by atoms with Crippen LogP contribution in [0.1, 0.15) is 72.8 Å². The van der Waals surface area contributed by atoms with Gasteiger partial charge in [0.15, 0.2) is 5.78 Å². The molecule has 2 aromatic heterocycles. The van der Waals surface area contributed by atoms with Crippen molar-refractivity contribution in [3.05, 3.63) is 96.5 Å². The van der Waals surface area contributed by atoms with E-state index in [0.29, 0.717) is 0 Å². The Bertz CT molecular complexity index is 2030. The molecule has 0 fully saturated rings. The number of nitrogens with zero attached hydrogens (tertiary/aromatic N) is 2. The SMILES string of the molecule is CCC(C)(CC)C(=O)/C=C(\O)C(C)(CC)CC.Cc1cccc2c1ccc1c(-c3[c-]ccc4c3oc3ccccc34)ncnc12.[Ir]. The molecule has 0 aliphatic rings. The second kappa shape index (κ2) is 14.3. The maximum atomic E-state index is 12.2. The number of furan rings is 1. The maximum absolute atomic E-state index is 12.2. The number of rotatable bonds is 8. The summed E-state index contributed by atoms with van der Waals surface area (Å²) in [6.45, 7) is 14.2. The first kappa shape index (κ1) is 35.0. The van der Waals surface area contributed by atoms with Gasteiger partial charge >= 0.3 is 0 Å². The van der Waals surface area contributed by atoms with E-state index in [1.807, 2.05) is 71.9 Å². The largest absolute Gasteiger partial charge is 0.512 e. The Morgan fingerprint density at radius 2 is 1.46 bits per heavy atom. The molecule has 0 saturated heterocycles. The molecule has 1 N–H and O–H groups in total. The third-order valence-corrected chi connectivity index (χ3v) is 10.1. The number of carbonyl (C=O) groups excluding carboxylic acids is 1. The monoisotopic (exact) mass is 792 g/mol. The Labute approximate surface area is 285 Å². The van der Waals surface area contributed by atoms with Crippen LogP contribution < -0.4 is 0 Å². The van der Waals surface area contributed by atoms with E-state index in [2.05, 4.69) is 59.4 Å². The van der Waals surface area contributed by atoms with E-state index in [0.717, 1.165) is 75.2 Å². The van der Waals surface area contributed by atoms with Gasteiger partial charge in [-0.05, 0) is 55.0 Å². The van der Waals surface area contributed by atoms with Gasteiger partial charge in [0.2, 0.25) is 0 Å². The Morgan fingerprint density at radius 1 is 0.804 bits per heavy atom. The third kappa shape index (κ3) is 6.38. The molecule has 0 amide bonds. The summed E-state index contributed by atoms with van der Waals surface area (Å²) in [6.07, 6.45) is 6.39. The fraction of sp³-hybridized carbons (Fsp3) is 0.325. The van der Waals surface area contributed by atoms with Crippen LogP contribution in [-0.2, 0) is 24.9 Å². The summed E-state index contributed by atoms with van der Waals surface area (Å²) >= 11 is 0. The predicted molar refractivity (Wildman–Crippen MR) is 186 cm³/mol. The molecular formula is C40H43IrN2O3-. The molecule has 0 unspecified atom stereocenters. The summed E-state index contributed by atoms with van der Waals surface area (Å²) < 4.78 is 6.20. The molecule has 5 nitrogen and oxygen atoms in total. The summed E-state index contributed by atoms with van der Waals surface area (Å²) in [6, 6.07) is 26.0. The van der Waals surface area contributed by atoms with Gasteiger partial charge < -0.3 is 9.52 Å². The molecule has 0 bridgehead atoms. The topological polar surface area (TPSA) is 76.2 Å². The second-order valence-electron chi connectivity index (χ2n) is 12.5. The molecule has 241 valence electrons. The van der Waals surface area contributed by atoms with E-state index >= 15 is 0 Å². The summed E-state index contributed by atoms with van der Waals surface area (Å²) in [5, 5.41) is 15.7. The molecule has 0 spiro atoms. The molecule has 46 heavy (non-hydrogen) atoms. The van der Waals surface area contributed by atoms with Gasteiger partial charge in [0, 0.05) is 53.5 Å². The fourth-order valence-electron chi connectivity index (χ4n) is 5.79. The first-order valence-electron chi connectivity index (χ1n) is 16.0. The van der Waals surface area contributed by atoms with Crippen molar-refractivity contribution in [2.24, 2.45) is 10.8 Å². The zero-order valence-electron chi connectivity index (χ0n) is 27.8. The quantitative estimate of drug-likeness (QED) is 0.0719. The Morgan fingerprint density at radius 3 is 2.15 bits per heavy atom. The van der Waals surface area contributed by atoms with Gasteiger partial charge in [-0.25, -0.2) is 4.98 Å². The van der Waals surface area contributed by atoms with Crippen LogP contribution in [0.2, 0.25) is 0 Å². The number of fused-ring (bicyclic) bond motifs is 6. The van der Waals surface area contributed by atoms with Crippen LogP contribution in [0.15, 0.2) is 89.3 Å². The summed E-state index contributed by atoms with van der Waals surface area (Å²) in [7, 11) is 0. The molecule has 0 aliphatic carbocycles. The number of hydrogen-bond donors (Lipinski definition) is 1. The number of benzene rings is 4. The van der Waals surface area contributed by atoms with Crippen molar-refractivity contribution in [3.8, 4) is 11.3 Å². The Hall–Kier alpha value is -3.86. The summed E-state index contributed by atoms with van der Waals surface area (Å²) in [4.78, 5) is 21.4. The summed E-state index contributed by atoms with van der Waals surface area (Å²) in [5.41, 5.74) is 4.99. The average molecular weight is 792 g/mol. The van der Waals surface area contributed by atoms with Gasteiger partial charge in [-0.2, -0.15) is 0 Å². The third-order valence-electron chi connectivity index (χ3n) is 10.1. The van der Waals surface area contributed by atoms with Crippen LogP contribution in [-0.4, -0.2) is 20.9 Å². The first-order chi connectivity index (χ1) is 21.6. The van der Waals surface area contributed by atoms with Crippen LogP contribution in [0, 0.1) is 23.8 Å². The molecule has 6 heteroatoms. The molecule has 1 radical (unpaired) electrons. The molecule has 6 rings (SSSR count). The van der Waals surface area contributed by atoms with Crippen molar-refractivity contribution in [2.75, 3.05) is 0 Å². The number of aliphatic hydroxyl groups excluding tert-OH is 1. The smallest absolute Gasteiger partial charge is 0.164 e. The fourth-order valence-corrected chi connectivity index (χ4v) is 5.79. The van der Waals surface area contributed by atoms with Gasteiger partial charge in [0.05, 0.1) is 11.1 Å². The Balaban J connectivity index is 0.000000234. The number of aliphatic hydroxyl groups is 1. The molecular weight excluding hydrogens is 749 g/mol. The summed E-state index contributed by atoms with van der Waals surface area (Å²) in [5.74, 6) is 0.286. The zero-order chi connectivity index (χ0) is 32.4. The number of ketones is 1. The minimum absolute atomic E-state index is 0. The molecule has 6 aromatic rings. The standard InChI is InChI=1S/C25H15N2O.C15H28O2.Ir/c1-15-6-4-8-18-16(15)12-13-20-23(18)26-14-27-24(20)21-10-5-9-19-17-7-2-3-11-22(17)28-25(19)21;1-7-14(5,8-2)12(16)11-13(17)15(6,9-3)10-4;/h2-9,11-14H,1H3;11,16H,7-10H2,1-6H3;/q-1;;/b;12-11-;. The van der Waals surface area contributed by atoms with Crippen molar-refractivity contribution in [3.63, 3.8) is 0 Å². The molecule has 2 heterocycles. The van der Waals surface area contributed by atoms with E-state index in [9.17, 15) is 9.90 Å². The van der Waals surface area contributed by atoms with Crippen LogP contribution in [0.4, 0.5) is 0 Å². The van der Waals surface area contributed by atoms with Crippen LogP contribution >= 0.6 is 0 Å². The van der Waals surface area contributed by atoms with E-state index in [4.69, 9.17) is 4.42 Å². The van der Waals surface area contributed by atoms with E-state index < -0.39 is 0 Å². The van der Waals surface area contributed by atoms with E-state index in [1.54, 1.807) is 6.33 Å². The van der Waals surface area contributed by atoms with Crippen molar-refractivity contribution in [1.82, 2.24) is 9.97 Å². The molecule has 0 aliphatic heterocycles. The van der Waals surface area contributed by atoms with Crippen molar-refractivity contribution >= 4 is 49.4 Å². The molecule has 0 saturated carbocycles. The van der Waals surface area contributed by atoms with Gasteiger partial charge in [0.25, 0.3) is 0 Å². The van der Waals surface area contributed by atoms with Crippen molar-refractivity contribution in [2.45, 2.75) is 74.1 Å². The predicted octanol–water partition coefficient (Wildman–Crippen LogP) is 11.1. The average Bonchev–Trinajstić information content (AvgIpc) is 3.46. The van der Waals surface area contributed by atoms with E-state index in [-0.39, 0.29) is 42.5 Å². The van der Waals surface area contributed by atoms with Gasteiger partial charge in [-0.15, -0.1) is 18.2 Å². The van der Waals surface area contributed by atoms with Crippen LogP contribution in [0.3, 0.4) is 0 Å². The van der Waals surface area contributed by atoms with Crippen LogP contribution in [0.5, 0.6) is 0 Å². The second-order valence-corrected chi connectivity index (χ2v) is 12.5. The number of aryl methyl sites for hydroxylation is 1. The zero-order valence-corrected chi connectivity index (χ0v) is 30.2. The van der Waals surface area contributed by atoms with Crippen LogP contribution in [0.25, 0.3) is 54.9 Å². The maximum Gasteiger partial charge on any atom is 0.164 e. The Kier molecular flexibility index (Phi) is 10.9. The normalized spacial score (nSPS) is 12.3. The number of carbonyl (C=O) groups is 1. The minimum Gasteiger partial charge on any atom is -0.512 e. The van der Waals surface area contributed by atoms with Crippen molar-refractivity contribution in [1.29, 1.82) is 0 Å². The van der Waals surface area contributed by atoms with Crippen molar-refractivity contribution < 1.29 is 34.4 Å². The van der Waals surface area contributed by atoms with Gasteiger partial charge in [-0.1, -0.05) is 101 Å². The molecule has 0 atom stereocenters.